The first-order chi connectivity index (χ1) is 10.2. The number of likely N-dealkylation sites (tertiary alicyclic amines) is 1. The third kappa shape index (κ3) is 5.21. The van der Waals surface area contributed by atoms with Crippen LogP contribution in [0.3, 0.4) is 0 Å². The third-order valence-electron chi connectivity index (χ3n) is 4.22. The molecular formula is C17H28N2O2. The maximum atomic E-state index is 9.68. The summed E-state index contributed by atoms with van der Waals surface area (Å²) in [5.41, 5.74) is 1.15. The second-order valence-electron chi connectivity index (χ2n) is 5.95. The van der Waals surface area contributed by atoms with Crippen LogP contribution < -0.4 is 10.1 Å². The molecule has 1 heterocycles. The van der Waals surface area contributed by atoms with Crippen LogP contribution in [0.5, 0.6) is 11.5 Å². The molecule has 0 spiro atoms. The lowest BCUT2D eigenvalue weighted by atomic mass is 9.94. The van der Waals surface area contributed by atoms with Crippen LogP contribution in [0.4, 0.5) is 0 Å². The molecule has 0 saturated carbocycles. The zero-order valence-corrected chi connectivity index (χ0v) is 13.3. The quantitative estimate of drug-likeness (QED) is 0.758. The van der Waals surface area contributed by atoms with Gasteiger partial charge >= 0.3 is 0 Å². The SMILES string of the molecule is CCOc1cc(CNCCC2CCN(C)CC2)ccc1O. The van der Waals surface area contributed by atoms with Crippen LogP contribution in [0.1, 0.15) is 31.7 Å². The van der Waals surface area contributed by atoms with E-state index in [1.165, 1.54) is 32.4 Å². The highest BCUT2D eigenvalue weighted by molar-refractivity contribution is 5.41. The topological polar surface area (TPSA) is 44.7 Å². The molecule has 0 bridgehead atoms. The number of rotatable bonds is 7. The molecule has 1 fully saturated rings. The maximum Gasteiger partial charge on any atom is 0.161 e. The third-order valence-corrected chi connectivity index (χ3v) is 4.22. The molecule has 1 aromatic carbocycles. The Morgan fingerprint density at radius 2 is 2.10 bits per heavy atom. The Morgan fingerprint density at radius 3 is 2.81 bits per heavy atom. The Bertz CT molecular complexity index is 429. The number of piperidine rings is 1. The van der Waals surface area contributed by atoms with Crippen molar-refractivity contribution in [2.75, 3.05) is 33.3 Å². The maximum absolute atomic E-state index is 9.68. The van der Waals surface area contributed by atoms with Gasteiger partial charge in [-0.3, -0.25) is 0 Å². The minimum Gasteiger partial charge on any atom is -0.504 e. The molecule has 0 unspecified atom stereocenters. The van der Waals surface area contributed by atoms with Crippen LogP contribution in [-0.4, -0.2) is 43.3 Å². The fourth-order valence-electron chi connectivity index (χ4n) is 2.83. The van der Waals surface area contributed by atoms with Crippen molar-refractivity contribution in [3.63, 3.8) is 0 Å². The number of hydrogen-bond donors (Lipinski definition) is 2. The number of phenols is 1. The van der Waals surface area contributed by atoms with Crippen molar-refractivity contribution in [3.05, 3.63) is 23.8 Å². The van der Waals surface area contributed by atoms with E-state index in [1.807, 2.05) is 19.1 Å². The molecule has 0 aliphatic carbocycles. The monoisotopic (exact) mass is 292 g/mol. The van der Waals surface area contributed by atoms with E-state index in [1.54, 1.807) is 6.07 Å². The number of nitrogens with zero attached hydrogens (tertiary/aromatic N) is 1. The molecule has 0 aromatic heterocycles. The van der Waals surface area contributed by atoms with Crippen LogP contribution in [0, 0.1) is 5.92 Å². The van der Waals surface area contributed by atoms with Gasteiger partial charge in [-0.1, -0.05) is 6.07 Å². The molecule has 0 atom stereocenters. The number of hydrogen-bond acceptors (Lipinski definition) is 4. The molecule has 2 N–H and O–H groups in total. The molecule has 4 heteroatoms. The molecule has 1 aliphatic heterocycles. The minimum absolute atomic E-state index is 0.215. The van der Waals surface area contributed by atoms with E-state index in [2.05, 4.69) is 17.3 Å². The number of nitrogens with one attached hydrogen (secondary N) is 1. The smallest absolute Gasteiger partial charge is 0.161 e. The van der Waals surface area contributed by atoms with Crippen LogP contribution in [0.25, 0.3) is 0 Å². The van der Waals surface area contributed by atoms with E-state index < -0.39 is 0 Å². The Balaban J connectivity index is 1.70. The number of phenolic OH excluding ortho intramolecular Hbond substituents is 1. The van der Waals surface area contributed by atoms with E-state index in [9.17, 15) is 5.11 Å². The Morgan fingerprint density at radius 1 is 1.33 bits per heavy atom. The van der Waals surface area contributed by atoms with Gasteiger partial charge in [-0.05, 0) is 76.5 Å². The van der Waals surface area contributed by atoms with Crippen molar-refractivity contribution in [2.45, 2.75) is 32.7 Å². The summed E-state index contributed by atoms with van der Waals surface area (Å²) in [6.07, 6.45) is 3.90. The molecule has 21 heavy (non-hydrogen) atoms. The van der Waals surface area contributed by atoms with Gasteiger partial charge in [-0.15, -0.1) is 0 Å². The first-order valence-corrected chi connectivity index (χ1v) is 8.03. The fourth-order valence-corrected chi connectivity index (χ4v) is 2.83. The lowest BCUT2D eigenvalue weighted by Gasteiger charge is -2.28. The summed E-state index contributed by atoms with van der Waals surface area (Å²) in [5, 5.41) is 13.2. The average Bonchev–Trinajstić information content (AvgIpc) is 2.49. The number of aromatic hydroxyl groups is 1. The second kappa shape index (κ2) is 8.25. The standard InChI is InChI=1S/C17H28N2O2/c1-3-21-17-12-15(4-5-16(17)20)13-18-9-6-14-7-10-19(2)11-8-14/h4-5,12,14,18,20H,3,6-11,13H2,1-2H3. The van der Waals surface area contributed by atoms with Crippen LogP contribution in [-0.2, 0) is 6.54 Å². The minimum atomic E-state index is 0.215. The van der Waals surface area contributed by atoms with E-state index in [-0.39, 0.29) is 5.75 Å². The first-order valence-electron chi connectivity index (χ1n) is 8.03. The molecule has 118 valence electrons. The van der Waals surface area contributed by atoms with Gasteiger partial charge < -0.3 is 20.1 Å². The van der Waals surface area contributed by atoms with Crippen molar-refractivity contribution < 1.29 is 9.84 Å². The fraction of sp³-hybridized carbons (Fsp3) is 0.647. The van der Waals surface area contributed by atoms with Crippen molar-refractivity contribution in [3.8, 4) is 11.5 Å². The van der Waals surface area contributed by atoms with Crippen molar-refractivity contribution in [1.29, 1.82) is 0 Å². The molecule has 2 rings (SSSR count). The Kier molecular flexibility index (Phi) is 6.33. The second-order valence-corrected chi connectivity index (χ2v) is 5.95. The molecule has 1 aliphatic rings. The Labute approximate surface area is 128 Å². The normalized spacial score (nSPS) is 17.0. The summed E-state index contributed by atoms with van der Waals surface area (Å²) in [6, 6.07) is 5.57. The van der Waals surface area contributed by atoms with Crippen molar-refractivity contribution in [1.82, 2.24) is 10.2 Å². The highest BCUT2D eigenvalue weighted by atomic mass is 16.5. The Hall–Kier alpha value is -1.26. The van der Waals surface area contributed by atoms with Gasteiger partial charge in [0.1, 0.15) is 0 Å². The summed E-state index contributed by atoms with van der Waals surface area (Å²) in [4.78, 5) is 2.41. The van der Waals surface area contributed by atoms with Gasteiger partial charge in [-0.25, -0.2) is 0 Å². The molecule has 1 saturated heterocycles. The van der Waals surface area contributed by atoms with Gasteiger partial charge in [0.2, 0.25) is 0 Å². The summed E-state index contributed by atoms with van der Waals surface area (Å²) in [5.74, 6) is 1.66. The van der Waals surface area contributed by atoms with Gasteiger partial charge in [0, 0.05) is 6.54 Å². The van der Waals surface area contributed by atoms with Crippen molar-refractivity contribution >= 4 is 0 Å². The summed E-state index contributed by atoms with van der Waals surface area (Å²) >= 11 is 0. The van der Waals surface area contributed by atoms with E-state index in [4.69, 9.17) is 4.74 Å². The predicted octanol–water partition coefficient (Wildman–Crippen LogP) is 2.61. The average molecular weight is 292 g/mol. The lowest BCUT2D eigenvalue weighted by molar-refractivity contribution is 0.211. The van der Waals surface area contributed by atoms with Crippen LogP contribution >= 0.6 is 0 Å². The number of ether oxygens (including phenoxy) is 1. The molecule has 0 amide bonds. The molecule has 0 radical (unpaired) electrons. The molecule has 1 aromatic rings. The lowest BCUT2D eigenvalue weighted by Crippen LogP contribution is -2.31. The van der Waals surface area contributed by atoms with Crippen LogP contribution in [0.2, 0.25) is 0 Å². The van der Waals surface area contributed by atoms with Crippen molar-refractivity contribution in [2.24, 2.45) is 5.92 Å². The zero-order chi connectivity index (χ0) is 15.1. The highest BCUT2D eigenvalue weighted by Gasteiger charge is 2.15. The van der Waals surface area contributed by atoms with Gasteiger partial charge in [0.15, 0.2) is 11.5 Å². The van der Waals surface area contributed by atoms with Gasteiger partial charge in [-0.2, -0.15) is 0 Å². The van der Waals surface area contributed by atoms with E-state index >= 15 is 0 Å². The van der Waals surface area contributed by atoms with Crippen LogP contribution in [0.15, 0.2) is 18.2 Å². The summed E-state index contributed by atoms with van der Waals surface area (Å²) in [7, 11) is 2.20. The van der Waals surface area contributed by atoms with Gasteiger partial charge in [0.25, 0.3) is 0 Å². The zero-order valence-electron chi connectivity index (χ0n) is 13.3. The first kappa shape index (κ1) is 16.1. The van der Waals surface area contributed by atoms with E-state index in [0.29, 0.717) is 12.4 Å². The molecule has 4 nitrogen and oxygen atoms in total. The summed E-state index contributed by atoms with van der Waals surface area (Å²) < 4.78 is 5.41. The number of benzene rings is 1. The van der Waals surface area contributed by atoms with E-state index in [0.717, 1.165) is 24.6 Å². The van der Waals surface area contributed by atoms with Gasteiger partial charge in [0.05, 0.1) is 6.61 Å². The highest BCUT2D eigenvalue weighted by Crippen LogP contribution is 2.26. The molecular weight excluding hydrogens is 264 g/mol. The summed E-state index contributed by atoms with van der Waals surface area (Å²) in [6.45, 7) is 6.85. The predicted molar refractivity (Wildman–Crippen MR) is 85.8 cm³/mol. The largest absolute Gasteiger partial charge is 0.504 e.